The summed E-state index contributed by atoms with van der Waals surface area (Å²) in [5.74, 6) is 0.115. The van der Waals surface area contributed by atoms with Crippen LogP contribution < -0.4 is 15.8 Å². The normalized spacial score (nSPS) is 19.1. The molecule has 0 saturated carbocycles. The van der Waals surface area contributed by atoms with Crippen LogP contribution in [0.15, 0.2) is 30.3 Å². The van der Waals surface area contributed by atoms with Crippen molar-refractivity contribution in [3.63, 3.8) is 0 Å². The highest BCUT2D eigenvalue weighted by atomic mass is 35.5. The average Bonchev–Trinajstić information content (AvgIpc) is 3.40. The van der Waals surface area contributed by atoms with E-state index >= 15 is 0 Å². The number of piperidine rings is 3. The van der Waals surface area contributed by atoms with Gasteiger partial charge in [-0.25, -0.2) is 9.59 Å². The number of anilines is 2. The second kappa shape index (κ2) is 19.8. The number of nitrogens with one attached hydrogen (secondary N) is 1. The van der Waals surface area contributed by atoms with Crippen molar-refractivity contribution in [2.75, 3.05) is 91.2 Å². The molecule has 0 aromatic heterocycles. The van der Waals surface area contributed by atoms with Gasteiger partial charge in [0, 0.05) is 65.0 Å². The van der Waals surface area contributed by atoms with Gasteiger partial charge in [-0.05, 0) is 111 Å². The molecule has 2 aromatic rings. The van der Waals surface area contributed by atoms with Crippen molar-refractivity contribution >= 4 is 52.9 Å². The molecule has 5 amide bonds. The van der Waals surface area contributed by atoms with Gasteiger partial charge in [0.15, 0.2) is 12.7 Å². The monoisotopic (exact) mass is 877 g/mol. The van der Waals surface area contributed by atoms with Gasteiger partial charge in [0.1, 0.15) is 5.75 Å². The van der Waals surface area contributed by atoms with E-state index in [1.165, 1.54) is 15.9 Å². The third-order valence-electron chi connectivity index (χ3n) is 12.4. The fraction of sp³-hybridized carbons (Fsp3) is 0.595. The van der Waals surface area contributed by atoms with Gasteiger partial charge in [0.05, 0.1) is 29.9 Å². The Labute approximate surface area is 358 Å². The van der Waals surface area contributed by atoms with Crippen molar-refractivity contribution < 1.29 is 51.4 Å². The van der Waals surface area contributed by atoms with Crippen molar-refractivity contribution in [2.24, 2.45) is 11.8 Å². The van der Waals surface area contributed by atoms with Crippen molar-refractivity contribution in [3.8, 4) is 5.75 Å². The summed E-state index contributed by atoms with van der Waals surface area (Å²) in [6, 6.07) is 7.19. The van der Waals surface area contributed by atoms with Crippen LogP contribution in [0, 0.1) is 11.8 Å². The van der Waals surface area contributed by atoms with E-state index in [0.717, 1.165) is 24.5 Å². The number of methoxy groups -OCH3 is 1. The molecule has 0 aliphatic carbocycles. The first-order valence-electron chi connectivity index (χ1n) is 20.7. The number of halogens is 4. The molecular formula is C42H55ClF3N7O8. The number of fused-ring (bicyclic) bond motifs is 1. The fourth-order valence-corrected chi connectivity index (χ4v) is 9.00. The van der Waals surface area contributed by atoms with Crippen molar-refractivity contribution in [2.45, 2.75) is 69.7 Å². The number of hydrogen-bond donors (Lipinski definition) is 2. The van der Waals surface area contributed by atoms with E-state index < -0.39 is 41.5 Å². The summed E-state index contributed by atoms with van der Waals surface area (Å²) in [6.07, 6.45) is -2.77. The van der Waals surface area contributed by atoms with E-state index in [2.05, 4.69) is 5.32 Å². The number of alkyl halides is 3. The molecule has 3 N–H and O–H groups in total. The summed E-state index contributed by atoms with van der Waals surface area (Å²) >= 11 is 6.15. The van der Waals surface area contributed by atoms with Gasteiger partial charge in [0.2, 0.25) is 0 Å². The molecule has 0 spiro atoms. The van der Waals surface area contributed by atoms with Crippen LogP contribution in [-0.2, 0) is 42.9 Å². The second-order valence-electron chi connectivity index (χ2n) is 16.5. The molecule has 0 unspecified atom stereocenters. The average molecular weight is 878 g/mol. The van der Waals surface area contributed by atoms with Crippen molar-refractivity contribution in [1.29, 1.82) is 0 Å². The Bertz CT molecular complexity index is 1930. The van der Waals surface area contributed by atoms with Gasteiger partial charge in [-0.1, -0.05) is 11.6 Å². The number of benzene rings is 2. The number of likely N-dealkylation sites (N-methyl/N-ethyl adjacent to an activating group) is 1. The van der Waals surface area contributed by atoms with Crippen LogP contribution in [0.4, 0.5) is 34.1 Å². The molecule has 0 radical (unpaired) electrons. The Hall–Kier alpha value is -4.97. The van der Waals surface area contributed by atoms with Gasteiger partial charge in [-0.2, -0.15) is 13.2 Å². The van der Waals surface area contributed by atoms with Crippen LogP contribution in [0.2, 0.25) is 5.02 Å². The highest BCUT2D eigenvalue weighted by molar-refractivity contribution is 6.33. The Morgan fingerprint density at radius 1 is 0.918 bits per heavy atom. The minimum atomic E-state index is -4.81. The number of hydrogen-bond acceptors (Lipinski definition) is 10. The zero-order valence-electron chi connectivity index (χ0n) is 34.8. The molecule has 4 heterocycles. The standard InChI is InChI=1S/C42H55ClF3N7O8/c1-49(2)36(54)25-60-37(55)24-50-13-6-27(7-14-50)28-8-15-51(16-9-28)39(56)35(22-26-20-32(42(44,45)46)38(47)33(43)21-26)61-41(58)52-17-11-30(12-18-52)53-19-10-29-23-31(59-3)4-5-34(29)48-40(53)57/h4-5,20-21,23,27-28,30,35H,6-19,22,24-25,47H2,1-3H3,(H,48,57)/t35-/m1/s1. The summed E-state index contributed by atoms with van der Waals surface area (Å²) in [6.45, 7) is 2.88. The molecule has 334 valence electrons. The number of likely N-dealkylation sites (tertiary alicyclic amines) is 3. The minimum Gasteiger partial charge on any atom is -0.497 e. The summed E-state index contributed by atoms with van der Waals surface area (Å²) in [5, 5.41) is 2.65. The number of amides is 5. The predicted octanol–water partition coefficient (Wildman–Crippen LogP) is 5.13. The largest absolute Gasteiger partial charge is 0.497 e. The molecule has 61 heavy (non-hydrogen) atoms. The Morgan fingerprint density at radius 3 is 2.18 bits per heavy atom. The predicted molar refractivity (Wildman–Crippen MR) is 220 cm³/mol. The van der Waals surface area contributed by atoms with Crippen LogP contribution in [0.1, 0.15) is 55.2 Å². The molecule has 19 heteroatoms. The topological polar surface area (TPSA) is 167 Å². The number of urea groups is 1. The number of esters is 1. The van der Waals surface area contributed by atoms with E-state index in [4.69, 9.17) is 31.5 Å². The quantitative estimate of drug-likeness (QED) is 0.228. The first-order valence-corrected chi connectivity index (χ1v) is 21.1. The molecule has 2 aromatic carbocycles. The first kappa shape index (κ1) is 45.6. The van der Waals surface area contributed by atoms with E-state index in [9.17, 15) is 37.1 Å². The molecule has 0 bridgehead atoms. The number of ether oxygens (including phenoxy) is 3. The van der Waals surface area contributed by atoms with Gasteiger partial charge in [-0.15, -0.1) is 0 Å². The van der Waals surface area contributed by atoms with E-state index in [0.29, 0.717) is 88.1 Å². The molecule has 1 atom stereocenters. The summed E-state index contributed by atoms with van der Waals surface area (Å²) in [7, 11) is 4.76. The van der Waals surface area contributed by atoms with Gasteiger partial charge in [0.25, 0.3) is 11.8 Å². The van der Waals surface area contributed by atoms with Crippen LogP contribution in [-0.4, -0.2) is 147 Å². The van der Waals surface area contributed by atoms with Crippen molar-refractivity contribution in [1.82, 2.24) is 24.5 Å². The zero-order chi connectivity index (χ0) is 44.0. The number of nitrogen functional groups attached to an aromatic ring is 1. The molecule has 3 saturated heterocycles. The summed E-state index contributed by atoms with van der Waals surface area (Å²) in [5.41, 5.74) is 5.62. The fourth-order valence-electron chi connectivity index (χ4n) is 8.76. The molecule has 4 aliphatic heterocycles. The molecule has 6 rings (SSSR count). The first-order chi connectivity index (χ1) is 29.0. The second-order valence-corrected chi connectivity index (χ2v) is 16.9. The summed E-state index contributed by atoms with van der Waals surface area (Å²) in [4.78, 5) is 73.5. The minimum absolute atomic E-state index is 0.0389. The van der Waals surface area contributed by atoms with Crippen LogP contribution in [0.25, 0.3) is 0 Å². The zero-order valence-corrected chi connectivity index (χ0v) is 35.6. The van der Waals surface area contributed by atoms with Gasteiger partial charge < -0.3 is 44.9 Å². The number of rotatable bonds is 11. The maximum Gasteiger partial charge on any atom is 0.418 e. The third kappa shape index (κ3) is 11.5. The molecule has 15 nitrogen and oxygen atoms in total. The van der Waals surface area contributed by atoms with Gasteiger partial charge in [-0.3, -0.25) is 19.3 Å². The van der Waals surface area contributed by atoms with Gasteiger partial charge >= 0.3 is 24.3 Å². The Kier molecular flexibility index (Phi) is 14.8. The van der Waals surface area contributed by atoms with E-state index in [1.54, 1.807) is 37.1 Å². The number of nitrogens with two attached hydrogens (primary N) is 1. The van der Waals surface area contributed by atoms with Crippen LogP contribution in [0.5, 0.6) is 5.75 Å². The van der Waals surface area contributed by atoms with Crippen LogP contribution >= 0.6 is 11.6 Å². The SMILES string of the molecule is COc1ccc2c(c1)CCN(C1CCN(C(=O)O[C@H](Cc3cc(Cl)c(N)c(C(F)(F)F)c3)C(=O)N3CCC(C4CCN(CC(=O)OCC(=O)N(C)C)CC4)CC3)CC1)C(=O)N2. The maximum absolute atomic E-state index is 14.2. The molecule has 4 aliphatic rings. The van der Waals surface area contributed by atoms with E-state index in [-0.39, 0.29) is 61.2 Å². The van der Waals surface area contributed by atoms with E-state index in [1.807, 2.05) is 17.0 Å². The molecular weight excluding hydrogens is 823 g/mol. The highest BCUT2D eigenvalue weighted by Crippen LogP contribution is 2.39. The smallest absolute Gasteiger partial charge is 0.418 e. The lowest BCUT2D eigenvalue weighted by molar-refractivity contribution is -0.152. The Morgan fingerprint density at radius 2 is 1.56 bits per heavy atom. The third-order valence-corrected chi connectivity index (χ3v) is 12.7. The lowest BCUT2D eigenvalue weighted by atomic mass is 9.78. The van der Waals surface area contributed by atoms with Crippen LogP contribution in [0.3, 0.4) is 0 Å². The highest BCUT2D eigenvalue weighted by Gasteiger charge is 2.39. The number of nitrogens with zero attached hydrogens (tertiary/aromatic N) is 5. The number of carbonyl (C=O) groups excluding carboxylic acids is 5. The number of carbonyl (C=O) groups is 5. The van der Waals surface area contributed by atoms with Crippen molar-refractivity contribution in [3.05, 3.63) is 52.0 Å². The molecule has 3 fully saturated rings. The Balaban J connectivity index is 1.06. The lowest BCUT2D eigenvalue weighted by Gasteiger charge is -2.41. The lowest BCUT2D eigenvalue weighted by Crippen LogP contribution is -2.52. The maximum atomic E-state index is 14.2. The summed E-state index contributed by atoms with van der Waals surface area (Å²) < 4.78 is 58.2.